The number of rotatable bonds is 3. The summed E-state index contributed by atoms with van der Waals surface area (Å²) in [4.78, 5) is 0. The van der Waals surface area contributed by atoms with Gasteiger partial charge in [-0.2, -0.15) is 5.90 Å². The van der Waals surface area contributed by atoms with Crippen LogP contribution in [0.25, 0.3) is 0 Å². The van der Waals surface area contributed by atoms with E-state index in [1.165, 1.54) is 0 Å². The second kappa shape index (κ2) is 5.61. The van der Waals surface area contributed by atoms with Gasteiger partial charge in [0.05, 0.1) is 0 Å². The Morgan fingerprint density at radius 2 is 1.00 bits per heavy atom. The van der Waals surface area contributed by atoms with Crippen LogP contribution < -0.4 is 0 Å². The van der Waals surface area contributed by atoms with Gasteiger partial charge in [-0.1, -0.05) is 0 Å². The van der Waals surface area contributed by atoms with Crippen LogP contribution in [0.5, 0.6) is 0 Å². The zero-order valence-corrected chi connectivity index (χ0v) is 10.2. The number of nitrogens with zero attached hydrogens (tertiary/aromatic N) is 2. The van der Waals surface area contributed by atoms with Crippen molar-refractivity contribution in [1.29, 1.82) is 0 Å². The van der Waals surface area contributed by atoms with E-state index < -0.39 is 0 Å². The lowest BCUT2D eigenvalue weighted by atomic mass is 10.7. The standard InChI is InChI=1S/C2H4Br4N2/c3-7(4)1-2-8(5)6/h1-2H2. The van der Waals surface area contributed by atoms with Crippen LogP contribution in [-0.4, -0.2) is 19.0 Å². The van der Waals surface area contributed by atoms with Gasteiger partial charge >= 0.3 is 0 Å². The average molecular weight is 376 g/mol. The van der Waals surface area contributed by atoms with Gasteiger partial charge in [0, 0.05) is 77.7 Å². The molecule has 0 unspecified atom stereocenters. The molecular formula is C2H4Br4N2. The highest BCUT2D eigenvalue weighted by molar-refractivity contribution is 9.21. The van der Waals surface area contributed by atoms with Crippen LogP contribution in [0.3, 0.4) is 0 Å². The molecule has 0 fully saturated rings. The Bertz CT molecular complexity index is 48.0. The Morgan fingerprint density at radius 3 is 1.12 bits per heavy atom. The lowest BCUT2D eigenvalue weighted by Gasteiger charge is -2.05. The Balaban J connectivity index is 2.93. The second-order valence-electron chi connectivity index (χ2n) is 1.05. The maximum atomic E-state index is 3.18. The molecule has 0 saturated carbocycles. The number of hydrogen-bond donors (Lipinski definition) is 0. The maximum Gasteiger partial charge on any atom is 0.0355 e. The number of halogens is 4. The van der Waals surface area contributed by atoms with Crippen LogP contribution in [0.4, 0.5) is 0 Å². The lowest BCUT2D eigenvalue weighted by molar-refractivity contribution is 0.673. The third kappa shape index (κ3) is 7.84. The highest BCUT2D eigenvalue weighted by Crippen LogP contribution is 2.09. The smallest absolute Gasteiger partial charge is 0.0355 e. The Morgan fingerprint density at radius 1 is 0.750 bits per heavy atom. The van der Waals surface area contributed by atoms with Gasteiger partial charge in [0.2, 0.25) is 0 Å². The minimum Gasteiger partial charge on any atom is -0.176 e. The summed E-state index contributed by atoms with van der Waals surface area (Å²) in [6.45, 7) is 1.77. The molecule has 0 N–H and O–H groups in total. The highest BCUT2D eigenvalue weighted by Gasteiger charge is 1.96. The average Bonchev–Trinajstić information content (AvgIpc) is 1.61. The molecule has 2 nitrogen and oxygen atoms in total. The van der Waals surface area contributed by atoms with Crippen molar-refractivity contribution < 1.29 is 0 Å². The molecule has 0 spiro atoms. The van der Waals surface area contributed by atoms with Gasteiger partial charge in [0.15, 0.2) is 0 Å². The largest absolute Gasteiger partial charge is 0.176 e. The SMILES string of the molecule is BrN(Br)CCN(Br)Br. The third-order valence-electron chi connectivity index (χ3n) is 0.438. The summed E-state index contributed by atoms with van der Waals surface area (Å²) in [6.07, 6.45) is 0. The molecule has 0 aliphatic carbocycles. The van der Waals surface area contributed by atoms with Crippen LogP contribution >= 0.6 is 64.6 Å². The molecule has 0 saturated heterocycles. The fourth-order valence-corrected chi connectivity index (χ4v) is 0.786. The lowest BCUT2D eigenvalue weighted by Crippen LogP contribution is -2.10. The van der Waals surface area contributed by atoms with E-state index in [1.807, 2.05) is 0 Å². The molecule has 0 aromatic rings. The second-order valence-corrected chi connectivity index (χ2v) is 6.38. The van der Waals surface area contributed by atoms with Gasteiger partial charge in [0.25, 0.3) is 0 Å². The molecule has 0 heterocycles. The first-order valence-corrected chi connectivity index (χ1v) is 4.65. The third-order valence-corrected chi connectivity index (χ3v) is 1.86. The summed E-state index contributed by atoms with van der Waals surface area (Å²) in [7, 11) is 0. The first-order chi connectivity index (χ1) is 3.63. The zero-order chi connectivity index (χ0) is 6.57. The van der Waals surface area contributed by atoms with E-state index in [-0.39, 0.29) is 0 Å². The molecule has 0 bridgehead atoms. The zero-order valence-electron chi connectivity index (χ0n) is 3.82. The Labute approximate surface area is 82.9 Å². The molecule has 0 amide bonds. The Kier molecular flexibility index (Phi) is 6.90. The van der Waals surface area contributed by atoms with Crippen molar-refractivity contribution in [3.8, 4) is 0 Å². The molecule has 0 aliphatic rings. The summed E-state index contributed by atoms with van der Waals surface area (Å²) >= 11 is 12.7. The van der Waals surface area contributed by atoms with Crippen LogP contribution in [0.2, 0.25) is 0 Å². The van der Waals surface area contributed by atoms with Crippen molar-refractivity contribution >= 4 is 64.6 Å². The van der Waals surface area contributed by atoms with Crippen LogP contribution in [-0.2, 0) is 0 Å². The van der Waals surface area contributed by atoms with Gasteiger partial charge in [-0.25, -0.2) is 0 Å². The van der Waals surface area contributed by atoms with E-state index in [4.69, 9.17) is 0 Å². The van der Waals surface area contributed by atoms with Crippen molar-refractivity contribution in [3.05, 3.63) is 0 Å². The summed E-state index contributed by atoms with van der Waals surface area (Å²) in [6, 6.07) is 0. The predicted molar refractivity (Wildman–Crippen MR) is 49.1 cm³/mol. The summed E-state index contributed by atoms with van der Waals surface area (Å²) in [5.74, 6) is 0. The van der Waals surface area contributed by atoms with Crippen molar-refractivity contribution in [2.75, 3.05) is 13.1 Å². The summed E-state index contributed by atoms with van der Waals surface area (Å²) in [5.41, 5.74) is 0. The minimum absolute atomic E-state index is 0.885. The monoisotopic (exact) mass is 372 g/mol. The highest BCUT2D eigenvalue weighted by atomic mass is 79.9. The topological polar surface area (TPSA) is 6.48 Å². The summed E-state index contributed by atoms with van der Waals surface area (Å²) in [5, 5.41) is 0. The fourth-order valence-electron chi connectivity index (χ4n) is 0.151. The molecule has 8 heavy (non-hydrogen) atoms. The molecule has 6 heteroatoms. The molecule has 0 aliphatic heterocycles. The molecule has 0 radical (unpaired) electrons. The summed E-state index contributed by atoms with van der Waals surface area (Å²) < 4.78 is 3.49. The first kappa shape index (κ1) is 9.84. The van der Waals surface area contributed by atoms with Gasteiger partial charge < -0.3 is 0 Å². The minimum atomic E-state index is 0.885. The maximum absolute atomic E-state index is 3.18. The van der Waals surface area contributed by atoms with E-state index in [1.54, 1.807) is 5.90 Å². The van der Waals surface area contributed by atoms with Gasteiger partial charge in [-0.05, 0) is 0 Å². The molecule has 50 valence electrons. The van der Waals surface area contributed by atoms with Crippen LogP contribution in [0, 0.1) is 0 Å². The van der Waals surface area contributed by atoms with E-state index in [0.717, 1.165) is 13.1 Å². The molecule has 0 atom stereocenters. The van der Waals surface area contributed by atoms with Crippen LogP contribution in [0.1, 0.15) is 0 Å². The van der Waals surface area contributed by atoms with E-state index >= 15 is 0 Å². The van der Waals surface area contributed by atoms with Gasteiger partial charge in [0.1, 0.15) is 0 Å². The molecule has 0 rings (SSSR count). The Hall–Kier alpha value is 1.84. The van der Waals surface area contributed by atoms with E-state index in [0.29, 0.717) is 0 Å². The normalized spacial score (nSPS) is 11.2. The van der Waals surface area contributed by atoms with Crippen molar-refractivity contribution in [2.24, 2.45) is 0 Å². The van der Waals surface area contributed by atoms with Crippen molar-refractivity contribution in [2.45, 2.75) is 0 Å². The quantitative estimate of drug-likeness (QED) is 0.700. The predicted octanol–water partition coefficient (Wildman–Crippen LogP) is 2.83. The van der Waals surface area contributed by atoms with E-state index in [9.17, 15) is 0 Å². The molecule has 0 aromatic carbocycles. The molecule has 0 aromatic heterocycles. The van der Waals surface area contributed by atoms with Gasteiger partial charge in [-0.15, -0.1) is 0 Å². The van der Waals surface area contributed by atoms with Crippen LogP contribution in [0.15, 0.2) is 0 Å². The van der Waals surface area contributed by atoms with Gasteiger partial charge in [-0.3, -0.25) is 0 Å². The first-order valence-electron chi connectivity index (χ1n) is 1.81. The van der Waals surface area contributed by atoms with E-state index in [2.05, 4.69) is 64.6 Å². The van der Waals surface area contributed by atoms with Crippen molar-refractivity contribution in [1.82, 2.24) is 5.90 Å². The number of hydrogen-bond acceptors (Lipinski definition) is 2. The fraction of sp³-hybridized carbons (Fsp3) is 1.00. The molecular weight excluding hydrogens is 372 g/mol. The van der Waals surface area contributed by atoms with Crippen molar-refractivity contribution in [3.63, 3.8) is 0 Å².